The highest BCUT2D eigenvalue weighted by Gasteiger charge is 2.76. The van der Waals surface area contributed by atoms with E-state index in [1.165, 1.54) is 0 Å². The zero-order chi connectivity index (χ0) is 15.1. The Labute approximate surface area is 134 Å². The van der Waals surface area contributed by atoms with E-state index in [1.807, 2.05) is 45.0 Å². The zero-order valence-corrected chi connectivity index (χ0v) is 14.0. The van der Waals surface area contributed by atoms with E-state index in [0.29, 0.717) is 11.4 Å². The molecule has 1 saturated carbocycles. The van der Waals surface area contributed by atoms with E-state index in [1.54, 1.807) is 0 Å². The molecule has 0 heterocycles. The molecule has 1 N–H and O–H groups in total. The summed E-state index contributed by atoms with van der Waals surface area (Å²) in [6, 6.07) is 7.30. The van der Waals surface area contributed by atoms with Crippen LogP contribution in [0.25, 0.3) is 0 Å². The minimum Gasteiger partial charge on any atom is -0.349 e. The molecule has 1 aromatic carbocycles. The third-order valence-corrected chi connectivity index (χ3v) is 6.06. The second-order valence-corrected chi connectivity index (χ2v) is 7.24. The van der Waals surface area contributed by atoms with E-state index in [2.05, 4.69) is 5.32 Å². The molecule has 20 heavy (non-hydrogen) atoms. The molecule has 0 bridgehead atoms. The van der Waals surface area contributed by atoms with Gasteiger partial charge in [-0.2, -0.15) is 0 Å². The molecule has 1 aliphatic carbocycles. The van der Waals surface area contributed by atoms with E-state index in [4.69, 9.17) is 34.8 Å². The van der Waals surface area contributed by atoms with Gasteiger partial charge in [0.15, 0.2) is 0 Å². The fraction of sp³-hybridized carbons (Fsp3) is 0.533. The number of alkyl halides is 2. The predicted molar refractivity (Wildman–Crippen MR) is 84.3 cm³/mol. The molecule has 0 saturated heterocycles. The van der Waals surface area contributed by atoms with Crippen LogP contribution < -0.4 is 5.32 Å². The van der Waals surface area contributed by atoms with Gasteiger partial charge in [-0.05, 0) is 31.0 Å². The molecule has 5 heteroatoms. The Morgan fingerprint density at radius 3 is 2.25 bits per heavy atom. The second kappa shape index (κ2) is 5.40. The van der Waals surface area contributed by atoms with Gasteiger partial charge in [-0.15, -0.1) is 23.2 Å². The van der Waals surface area contributed by atoms with Crippen molar-refractivity contribution in [3.63, 3.8) is 0 Å². The molecule has 0 spiro atoms. The monoisotopic (exact) mass is 333 g/mol. The highest BCUT2D eigenvalue weighted by molar-refractivity contribution is 6.53. The van der Waals surface area contributed by atoms with Gasteiger partial charge in [-0.1, -0.05) is 37.6 Å². The lowest BCUT2D eigenvalue weighted by Gasteiger charge is -2.20. The third kappa shape index (κ3) is 2.32. The van der Waals surface area contributed by atoms with Crippen molar-refractivity contribution >= 4 is 40.7 Å². The first-order valence-electron chi connectivity index (χ1n) is 6.71. The molecule has 2 rings (SSSR count). The molecular weight excluding hydrogens is 317 g/mol. The first kappa shape index (κ1) is 15.9. The van der Waals surface area contributed by atoms with Crippen molar-refractivity contribution in [3.05, 3.63) is 34.9 Å². The Bertz CT molecular complexity index is 514. The third-order valence-electron chi connectivity index (χ3n) is 4.47. The summed E-state index contributed by atoms with van der Waals surface area (Å²) in [5.74, 6) is -0.124. The van der Waals surface area contributed by atoms with Crippen LogP contribution >= 0.6 is 34.8 Å². The summed E-state index contributed by atoms with van der Waals surface area (Å²) in [7, 11) is 0. The molecule has 1 fully saturated rings. The normalized spacial score (nSPS) is 28.8. The Balaban J connectivity index is 2.11. The summed E-state index contributed by atoms with van der Waals surface area (Å²) < 4.78 is -0.967. The molecule has 2 nitrogen and oxygen atoms in total. The predicted octanol–water partition coefficient (Wildman–Crippen LogP) is 4.74. The summed E-state index contributed by atoms with van der Waals surface area (Å²) >= 11 is 18.4. The molecule has 1 amide bonds. The van der Waals surface area contributed by atoms with Gasteiger partial charge < -0.3 is 5.32 Å². The number of benzene rings is 1. The number of nitrogens with one attached hydrogen (secondary N) is 1. The molecule has 0 radical (unpaired) electrons. The number of carbonyl (C=O) groups is 1. The van der Waals surface area contributed by atoms with Crippen LogP contribution in [0, 0.1) is 11.3 Å². The van der Waals surface area contributed by atoms with Crippen molar-refractivity contribution in [2.24, 2.45) is 11.3 Å². The van der Waals surface area contributed by atoms with E-state index in [-0.39, 0.29) is 17.9 Å². The molecular formula is C15H18Cl3NO. The lowest BCUT2D eigenvalue weighted by atomic mass is 9.98. The quantitative estimate of drug-likeness (QED) is 0.792. The molecule has 1 aliphatic rings. The standard InChI is InChI=1S/C15H18Cl3NO/c1-4-14(10(3)15(14,17)18)13(20)19-9(2)11-5-7-12(16)8-6-11/h5-10H,4H2,1-3H3,(H,19,20)/t9-,10-,14+/m0/s1. The van der Waals surface area contributed by atoms with Gasteiger partial charge in [-0.3, -0.25) is 4.79 Å². The smallest absolute Gasteiger partial charge is 0.230 e. The van der Waals surface area contributed by atoms with Crippen molar-refractivity contribution < 1.29 is 4.79 Å². The summed E-state index contributed by atoms with van der Waals surface area (Å²) in [6.45, 7) is 5.78. The van der Waals surface area contributed by atoms with Gasteiger partial charge in [0, 0.05) is 10.9 Å². The number of amides is 1. The van der Waals surface area contributed by atoms with Crippen LogP contribution in [0.1, 0.15) is 38.8 Å². The van der Waals surface area contributed by atoms with Gasteiger partial charge >= 0.3 is 0 Å². The maximum atomic E-state index is 12.5. The Hall–Kier alpha value is -0.440. The number of hydrogen-bond acceptors (Lipinski definition) is 1. The highest BCUT2D eigenvalue weighted by Crippen LogP contribution is 2.70. The minimum absolute atomic E-state index is 0.0410. The maximum absolute atomic E-state index is 12.5. The lowest BCUT2D eigenvalue weighted by Crippen LogP contribution is -2.36. The van der Waals surface area contributed by atoms with Crippen LogP contribution in [0.3, 0.4) is 0 Å². The first-order valence-corrected chi connectivity index (χ1v) is 7.85. The minimum atomic E-state index is -0.967. The van der Waals surface area contributed by atoms with Crippen molar-refractivity contribution in [2.45, 2.75) is 37.6 Å². The first-order chi connectivity index (χ1) is 9.27. The molecule has 1 aromatic rings. The van der Waals surface area contributed by atoms with Crippen LogP contribution in [0.15, 0.2) is 24.3 Å². The summed E-state index contributed by atoms with van der Waals surface area (Å²) in [4.78, 5) is 12.5. The van der Waals surface area contributed by atoms with E-state index in [0.717, 1.165) is 5.56 Å². The Morgan fingerprint density at radius 1 is 1.35 bits per heavy atom. The Kier molecular flexibility index (Phi) is 4.30. The zero-order valence-electron chi connectivity index (χ0n) is 11.7. The van der Waals surface area contributed by atoms with Crippen molar-refractivity contribution in [1.29, 1.82) is 0 Å². The van der Waals surface area contributed by atoms with Gasteiger partial charge in [0.2, 0.25) is 5.91 Å². The van der Waals surface area contributed by atoms with Crippen LogP contribution in [-0.4, -0.2) is 10.2 Å². The van der Waals surface area contributed by atoms with Gasteiger partial charge in [-0.25, -0.2) is 0 Å². The number of carbonyl (C=O) groups excluding carboxylic acids is 1. The average molecular weight is 335 g/mol. The molecule has 0 aromatic heterocycles. The fourth-order valence-electron chi connectivity index (χ4n) is 2.85. The van der Waals surface area contributed by atoms with Crippen LogP contribution in [-0.2, 0) is 4.79 Å². The molecule has 0 unspecified atom stereocenters. The van der Waals surface area contributed by atoms with Crippen LogP contribution in [0.5, 0.6) is 0 Å². The SMILES string of the molecule is CC[C@]1(C(=O)N[C@@H](C)c2ccc(Cl)cc2)[C@H](C)C1(Cl)Cl. The van der Waals surface area contributed by atoms with E-state index < -0.39 is 9.75 Å². The number of rotatable bonds is 4. The maximum Gasteiger partial charge on any atom is 0.230 e. The Morgan fingerprint density at radius 2 is 1.85 bits per heavy atom. The molecule has 0 aliphatic heterocycles. The van der Waals surface area contributed by atoms with Crippen LogP contribution in [0.4, 0.5) is 0 Å². The van der Waals surface area contributed by atoms with Crippen molar-refractivity contribution in [1.82, 2.24) is 5.32 Å². The lowest BCUT2D eigenvalue weighted by molar-refractivity contribution is -0.127. The van der Waals surface area contributed by atoms with E-state index >= 15 is 0 Å². The van der Waals surface area contributed by atoms with Gasteiger partial charge in [0.25, 0.3) is 0 Å². The summed E-state index contributed by atoms with van der Waals surface area (Å²) in [5, 5.41) is 3.68. The van der Waals surface area contributed by atoms with E-state index in [9.17, 15) is 4.79 Å². The summed E-state index contributed by atoms with van der Waals surface area (Å²) in [5.41, 5.74) is 0.314. The van der Waals surface area contributed by atoms with Crippen molar-refractivity contribution in [3.8, 4) is 0 Å². The fourth-order valence-corrected chi connectivity index (χ4v) is 4.01. The number of hydrogen-bond donors (Lipinski definition) is 1. The van der Waals surface area contributed by atoms with Crippen LogP contribution in [0.2, 0.25) is 5.02 Å². The molecule has 110 valence electrons. The largest absolute Gasteiger partial charge is 0.349 e. The van der Waals surface area contributed by atoms with Crippen molar-refractivity contribution in [2.75, 3.05) is 0 Å². The number of halogens is 3. The van der Waals surface area contributed by atoms with Gasteiger partial charge in [0.05, 0.1) is 11.5 Å². The molecule has 3 atom stereocenters. The highest BCUT2D eigenvalue weighted by atomic mass is 35.5. The second-order valence-electron chi connectivity index (χ2n) is 5.42. The average Bonchev–Trinajstić information content (AvgIpc) is 2.84. The van der Waals surface area contributed by atoms with Gasteiger partial charge in [0.1, 0.15) is 4.33 Å². The summed E-state index contributed by atoms with van der Waals surface area (Å²) in [6.07, 6.45) is 0.625. The topological polar surface area (TPSA) is 29.1 Å².